The van der Waals surface area contributed by atoms with Gasteiger partial charge in [-0.2, -0.15) is 0 Å². The van der Waals surface area contributed by atoms with Gasteiger partial charge in [-0.3, -0.25) is 4.79 Å². The number of aromatic nitrogens is 2. The van der Waals surface area contributed by atoms with Gasteiger partial charge in [0, 0.05) is 17.2 Å². The zero-order valence-electron chi connectivity index (χ0n) is 11.5. The van der Waals surface area contributed by atoms with E-state index >= 15 is 0 Å². The summed E-state index contributed by atoms with van der Waals surface area (Å²) in [5, 5.41) is 0. The molecule has 0 aliphatic heterocycles. The van der Waals surface area contributed by atoms with Crippen LogP contribution in [-0.2, 0) is 0 Å². The lowest BCUT2D eigenvalue weighted by Crippen LogP contribution is -2.08. The van der Waals surface area contributed by atoms with E-state index in [2.05, 4.69) is 9.97 Å². The minimum absolute atomic E-state index is 0.179. The Morgan fingerprint density at radius 3 is 2.48 bits per heavy atom. The standard InChI is InChI=1S/C17H14N2O2/c1-21-14-9-5-8-13(10-14)15-11-16(20)19-17(18-15)12-6-3-2-4-7-12/h2-11H,1H3,(H,18,19,20). The topological polar surface area (TPSA) is 55.0 Å². The molecule has 21 heavy (non-hydrogen) atoms. The average molecular weight is 278 g/mol. The van der Waals surface area contributed by atoms with E-state index in [0.717, 1.165) is 16.9 Å². The fraction of sp³-hybridized carbons (Fsp3) is 0.0588. The van der Waals surface area contributed by atoms with Gasteiger partial charge in [0.15, 0.2) is 0 Å². The molecular weight excluding hydrogens is 264 g/mol. The van der Waals surface area contributed by atoms with E-state index in [1.807, 2.05) is 54.6 Å². The number of H-pyrrole nitrogens is 1. The molecule has 0 amide bonds. The minimum atomic E-state index is -0.179. The molecule has 0 radical (unpaired) electrons. The number of methoxy groups -OCH3 is 1. The summed E-state index contributed by atoms with van der Waals surface area (Å²) in [7, 11) is 1.61. The Morgan fingerprint density at radius 1 is 0.952 bits per heavy atom. The zero-order valence-corrected chi connectivity index (χ0v) is 11.5. The van der Waals surface area contributed by atoms with Crippen LogP contribution in [-0.4, -0.2) is 17.1 Å². The molecule has 0 saturated carbocycles. The van der Waals surface area contributed by atoms with Gasteiger partial charge in [-0.15, -0.1) is 0 Å². The second kappa shape index (κ2) is 5.63. The first-order valence-electron chi connectivity index (χ1n) is 6.57. The monoisotopic (exact) mass is 278 g/mol. The van der Waals surface area contributed by atoms with Crippen molar-refractivity contribution in [2.75, 3.05) is 7.11 Å². The molecule has 2 aromatic carbocycles. The number of hydrogen-bond acceptors (Lipinski definition) is 3. The van der Waals surface area contributed by atoms with Gasteiger partial charge in [0.25, 0.3) is 5.56 Å². The lowest BCUT2D eigenvalue weighted by molar-refractivity contribution is 0.415. The summed E-state index contributed by atoms with van der Waals surface area (Å²) in [4.78, 5) is 19.2. The van der Waals surface area contributed by atoms with Crippen LogP contribution < -0.4 is 10.3 Å². The molecule has 0 spiro atoms. The van der Waals surface area contributed by atoms with Crippen molar-refractivity contribution in [3.05, 3.63) is 71.0 Å². The number of benzene rings is 2. The molecule has 1 N–H and O–H groups in total. The Labute approximate surface area is 122 Å². The molecule has 1 heterocycles. The van der Waals surface area contributed by atoms with E-state index in [1.165, 1.54) is 6.07 Å². The van der Waals surface area contributed by atoms with Crippen LogP contribution >= 0.6 is 0 Å². The van der Waals surface area contributed by atoms with Crippen LogP contribution in [0.25, 0.3) is 22.6 Å². The Morgan fingerprint density at radius 2 is 1.71 bits per heavy atom. The highest BCUT2D eigenvalue weighted by molar-refractivity contribution is 5.64. The fourth-order valence-electron chi connectivity index (χ4n) is 2.12. The summed E-state index contributed by atoms with van der Waals surface area (Å²) >= 11 is 0. The maximum Gasteiger partial charge on any atom is 0.251 e. The molecule has 0 aliphatic rings. The van der Waals surface area contributed by atoms with Gasteiger partial charge in [-0.05, 0) is 12.1 Å². The van der Waals surface area contributed by atoms with Gasteiger partial charge in [0.05, 0.1) is 12.8 Å². The first-order chi connectivity index (χ1) is 10.3. The highest BCUT2D eigenvalue weighted by Crippen LogP contribution is 2.23. The molecular formula is C17H14N2O2. The largest absolute Gasteiger partial charge is 0.497 e. The molecule has 4 nitrogen and oxygen atoms in total. The van der Waals surface area contributed by atoms with Crippen LogP contribution in [0.2, 0.25) is 0 Å². The first kappa shape index (κ1) is 13.1. The lowest BCUT2D eigenvalue weighted by atomic mass is 10.1. The zero-order chi connectivity index (χ0) is 14.7. The van der Waals surface area contributed by atoms with Crippen LogP contribution in [0.4, 0.5) is 0 Å². The summed E-state index contributed by atoms with van der Waals surface area (Å²) in [6, 6.07) is 18.5. The van der Waals surface area contributed by atoms with Gasteiger partial charge < -0.3 is 9.72 Å². The van der Waals surface area contributed by atoms with E-state index in [4.69, 9.17) is 4.74 Å². The smallest absolute Gasteiger partial charge is 0.251 e. The Bertz CT molecular complexity index is 810. The van der Waals surface area contributed by atoms with Crippen molar-refractivity contribution in [3.8, 4) is 28.4 Å². The Balaban J connectivity index is 2.12. The van der Waals surface area contributed by atoms with Gasteiger partial charge in [-0.25, -0.2) is 4.98 Å². The number of nitrogens with zero attached hydrogens (tertiary/aromatic N) is 1. The van der Waals surface area contributed by atoms with Gasteiger partial charge in [0.2, 0.25) is 0 Å². The van der Waals surface area contributed by atoms with Crippen molar-refractivity contribution in [1.82, 2.24) is 9.97 Å². The summed E-state index contributed by atoms with van der Waals surface area (Å²) < 4.78 is 5.21. The number of ether oxygens (including phenoxy) is 1. The van der Waals surface area contributed by atoms with Crippen molar-refractivity contribution in [2.24, 2.45) is 0 Å². The normalized spacial score (nSPS) is 10.3. The molecule has 3 rings (SSSR count). The molecule has 0 atom stereocenters. The third-order valence-corrected chi connectivity index (χ3v) is 3.15. The summed E-state index contributed by atoms with van der Waals surface area (Å²) in [5.41, 5.74) is 2.16. The Kier molecular flexibility index (Phi) is 3.51. The molecule has 0 saturated heterocycles. The van der Waals surface area contributed by atoms with Crippen LogP contribution in [0.5, 0.6) is 5.75 Å². The maximum atomic E-state index is 11.9. The summed E-state index contributed by atoms with van der Waals surface area (Å²) in [6.07, 6.45) is 0. The van der Waals surface area contributed by atoms with Crippen LogP contribution in [0.3, 0.4) is 0 Å². The fourth-order valence-corrected chi connectivity index (χ4v) is 2.12. The minimum Gasteiger partial charge on any atom is -0.497 e. The predicted molar refractivity (Wildman–Crippen MR) is 82.3 cm³/mol. The van der Waals surface area contributed by atoms with Crippen molar-refractivity contribution < 1.29 is 4.74 Å². The SMILES string of the molecule is COc1cccc(-c2cc(=O)[nH]c(-c3ccccc3)n2)c1. The second-order valence-corrected chi connectivity index (χ2v) is 4.58. The van der Waals surface area contributed by atoms with Gasteiger partial charge >= 0.3 is 0 Å². The molecule has 0 unspecified atom stereocenters. The van der Waals surface area contributed by atoms with E-state index in [-0.39, 0.29) is 5.56 Å². The predicted octanol–water partition coefficient (Wildman–Crippen LogP) is 3.11. The average Bonchev–Trinajstić information content (AvgIpc) is 2.55. The highest BCUT2D eigenvalue weighted by Gasteiger charge is 2.06. The van der Waals surface area contributed by atoms with E-state index in [1.54, 1.807) is 7.11 Å². The number of nitrogens with one attached hydrogen (secondary N) is 1. The summed E-state index contributed by atoms with van der Waals surface area (Å²) in [6.45, 7) is 0. The van der Waals surface area contributed by atoms with Crippen LogP contribution in [0.15, 0.2) is 65.5 Å². The van der Waals surface area contributed by atoms with Crippen molar-refractivity contribution in [1.29, 1.82) is 0 Å². The van der Waals surface area contributed by atoms with E-state index < -0.39 is 0 Å². The number of rotatable bonds is 3. The number of aromatic amines is 1. The van der Waals surface area contributed by atoms with Crippen LogP contribution in [0, 0.1) is 0 Å². The van der Waals surface area contributed by atoms with Crippen LogP contribution in [0.1, 0.15) is 0 Å². The van der Waals surface area contributed by atoms with E-state index in [9.17, 15) is 4.79 Å². The summed E-state index contributed by atoms with van der Waals surface area (Å²) in [5.74, 6) is 1.29. The molecule has 3 aromatic rings. The quantitative estimate of drug-likeness (QED) is 0.801. The maximum absolute atomic E-state index is 11.9. The van der Waals surface area contributed by atoms with Crippen molar-refractivity contribution in [3.63, 3.8) is 0 Å². The highest BCUT2D eigenvalue weighted by atomic mass is 16.5. The third-order valence-electron chi connectivity index (χ3n) is 3.15. The Hall–Kier alpha value is -2.88. The molecule has 104 valence electrons. The molecule has 1 aromatic heterocycles. The number of hydrogen-bond donors (Lipinski definition) is 1. The van der Waals surface area contributed by atoms with E-state index in [0.29, 0.717) is 11.5 Å². The van der Waals surface area contributed by atoms with Crippen molar-refractivity contribution >= 4 is 0 Å². The molecule has 0 bridgehead atoms. The molecule has 4 heteroatoms. The lowest BCUT2D eigenvalue weighted by Gasteiger charge is -2.06. The molecule has 0 aliphatic carbocycles. The van der Waals surface area contributed by atoms with Gasteiger partial charge in [0.1, 0.15) is 11.6 Å². The van der Waals surface area contributed by atoms with Gasteiger partial charge in [-0.1, -0.05) is 42.5 Å². The molecule has 0 fully saturated rings. The first-order valence-corrected chi connectivity index (χ1v) is 6.57. The van der Waals surface area contributed by atoms with Crippen molar-refractivity contribution in [2.45, 2.75) is 0 Å². The third kappa shape index (κ3) is 2.84. The second-order valence-electron chi connectivity index (χ2n) is 4.58.